The molecule has 0 amide bonds. The normalized spacial score (nSPS) is 14.4. The van der Waals surface area contributed by atoms with Crippen molar-refractivity contribution in [3.05, 3.63) is 76.9 Å². The molecule has 0 unspecified atom stereocenters. The minimum atomic E-state index is -4.82. The van der Waals surface area contributed by atoms with Crippen LogP contribution in [0.5, 0.6) is 23.0 Å². The minimum Gasteiger partial charge on any atom is -0.744 e. The molecule has 1 spiro atoms. The van der Waals surface area contributed by atoms with Gasteiger partial charge in [-0.15, -0.1) is 0 Å². The van der Waals surface area contributed by atoms with Crippen LogP contribution in [0.4, 0.5) is 0 Å². The quantitative estimate of drug-likeness (QED) is 0.201. The zero-order valence-corrected chi connectivity index (χ0v) is 22.0. The fourth-order valence-electron chi connectivity index (χ4n) is 4.28. The van der Waals surface area contributed by atoms with Crippen molar-refractivity contribution in [3.63, 3.8) is 0 Å². The fourth-order valence-corrected chi connectivity index (χ4v) is 4.78. The molecule has 0 aliphatic carbocycles. The molecule has 12 heteroatoms. The standard InChI is InChI=1S/C24H16O10S.Na/c1-12(25)31-14-3-6-19-21(9-14)33-22-10-15(32-13(2)26)4-7-20(22)24(19)18-8-5-16(35(28,29)30)11-17(18)23(27)34-24;/h3-11H,1-2H3,(H,28,29,30);/q;+1/p-1. The van der Waals surface area contributed by atoms with Gasteiger partial charge in [0.25, 0.3) is 0 Å². The summed E-state index contributed by atoms with van der Waals surface area (Å²) < 4.78 is 56.8. The predicted octanol–water partition coefficient (Wildman–Crippen LogP) is 0.0133. The molecule has 36 heavy (non-hydrogen) atoms. The first-order valence-electron chi connectivity index (χ1n) is 10.2. The van der Waals surface area contributed by atoms with Crippen molar-refractivity contribution in [1.29, 1.82) is 0 Å². The van der Waals surface area contributed by atoms with Crippen LogP contribution in [-0.4, -0.2) is 30.9 Å². The van der Waals surface area contributed by atoms with Gasteiger partial charge in [0.2, 0.25) is 0 Å². The Morgan fingerprint density at radius 3 is 1.81 bits per heavy atom. The van der Waals surface area contributed by atoms with Crippen LogP contribution in [0.2, 0.25) is 0 Å². The molecule has 0 fully saturated rings. The number of hydrogen-bond donors (Lipinski definition) is 0. The van der Waals surface area contributed by atoms with Gasteiger partial charge < -0.3 is 23.5 Å². The van der Waals surface area contributed by atoms with Crippen molar-refractivity contribution in [1.82, 2.24) is 0 Å². The molecule has 0 saturated heterocycles. The summed E-state index contributed by atoms with van der Waals surface area (Å²) >= 11 is 0. The summed E-state index contributed by atoms with van der Waals surface area (Å²) in [6.07, 6.45) is 0. The number of carbonyl (C=O) groups excluding carboxylic acids is 3. The number of esters is 3. The second-order valence-corrected chi connectivity index (χ2v) is 9.22. The molecule has 0 radical (unpaired) electrons. The van der Waals surface area contributed by atoms with Gasteiger partial charge in [-0.05, 0) is 36.4 Å². The molecule has 2 heterocycles. The first kappa shape index (κ1) is 25.9. The van der Waals surface area contributed by atoms with Gasteiger partial charge in [0.05, 0.1) is 10.5 Å². The van der Waals surface area contributed by atoms with E-state index in [0.717, 1.165) is 12.1 Å². The molecule has 10 nitrogen and oxygen atoms in total. The van der Waals surface area contributed by atoms with Gasteiger partial charge in [0, 0.05) is 42.7 Å². The summed E-state index contributed by atoms with van der Waals surface area (Å²) in [6.45, 7) is 2.47. The molecular weight excluding hydrogens is 503 g/mol. The van der Waals surface area contributed by atoms with Gasteiger partial charge >= 0.3 is 47.5 Å². The van der Waals surface area contributed by atoms with Gasteiger partial charge in [-0.2, -0.15) is 0 Å². The maximum atomic E-state index is 13.0. The number of benzene rings is 3. The zero-order chi connectivity index (χ0) is 25.1. The maximum Gasteiger partial charge on any atom is 1.00 e. The third kappa shape index (κ3) is 4.18. The van der Waals surface area contributed by atoms with E-state index in [9.17, 15) is 27.4 Å². The Bertz CT molecular complexity index is 1500. The molecule has 2 aliphatic heterocycles. The SMILES string of the molecule is CC(=O)Oc1ccc2c(c1)Oc1cc(OC(C)=O)ccc1C21OC(=O)c2cc(S(=O)(=O)[O-])ccc21.[Na+]. The Kier molecular flexibility index (Phi) is 6.48. The Hall–Kier alpha value is -3.22. The van der Waals surface area contributed by atoms with E-state index in [-0.39, 0.29) is 63.7 Å². The predicted molar refractivity (Wildman–Crippen MR) is 115 cm³/mol. The maximum absolute atomic E-state index is 13.0. The van der Waals surface area contributed by atoms with Crippen molar-refractivity contribution in [2.24, 2.45) is 0 Å². The van der Waals surface area contributed by atoms with Crippen LogP contribution in [0.15, 0.2) is 59.5 Å². The third-order valence-electron chi connectivity index (χ3n) is 5.53. The molecule has 3 aromatic rings. The van der Waals surface area contributed by atoms with E-state index in [1.807, 2.05) is 0 Å². The summed E-state index contributed by atoms with van der Waals surface area (Å²) in [4.78, 5) is 35.3. The minimum absolute atomic E-state index is 0. The Balaban J connectivity index is 0.00000304. The van der Waals surface area contributed by atoms with E-state index in [1.165, 1.54) is 44.2 Å². The average molecular weight is 518 g/mol. The first-order valence-corrected chi connectivity index (χ1v) is 11.6. The van der Waals surface area contributed by atoms with Crippen LogP contribution in [0.25, 0.3) is 0 Å². The average Bonchev–Trinajstić information content (AvgIpc) is 3.04. The topological polar surface area (TPSA) is 145 Å². The van der Waals surface area contributed by atoms with Gasteiger partial charge in [-0.3, -0.25) is 9.59 Å². The summed E-state index contributed by atoms with van der Waals surface area (Å²) in [5.41, 5.74) is -0.670. The molecule has 0 saturated carbocycles. The number of ether oxygens (including phenoxy) is 4. The summed E-state index contributed by atoms with van der Waals surface area (Å²) in [5, 5.41) is 0. The Labute approximate surface area is 227 Å². The largest absolute Gasteiger partial charge is 1.00 e. The number of rotatable bonds is 3. The van der Waals surface area contributed by atoms with E-state index in [0.29, 0.717) is 11.1 Å². The molecule has 0 aromatic heterocycles. The molecule has 5 rings (SSSR count). The van der Waals surface area contributed by atoms with Gasteiger partial charge in [-0.25, -0.2) is 13.2 Å². The summed E-state index contributed by atoms with van der Waals surface area (Å²) in [5.74, 6) is -1.27. The summed E-state index contributed by atoms with van der Waals surface area (Å²) in [6, 6.07) is 12.4. The van der Waals surface area contributed by atoms with Crippen LogP contribution < -0.4 is 43.8 Å². The second kappa shape index (κ2) is 9.02. The fraction of sp³-hybridized carbons (Fsp3) is 0.125. The number of hydrogen-bond acceptors (Lipinski definition) is 10. The van der Waals surface area contributed by atoms with Crippen molar-refractivity contribution in [2.75, 3.05) is 0 Å². The van der Waals surface area contributed by atoms with Gasteiger partial charge in [0.15, 0.2) is 5.60 Å². The van der Waals surface area contributed by atoms with Crippen molar-refractivity contribution in [2.45, 2.75) is 24.3 Å². The van der Waals surface area contributed by atoms with E-state index < -0.39 is 38.5 Å². The van der Waals surface area contributed by atoms with Gasteiger partial charge in [-0.1, -0.05) is 6.07 Å². The first-order chi connectivity index (χ1) is 16.5. The van der Waals surface area contributed by atoms with Crippen molar-refractivity contribution < 1.29 is 75.9 Å². The van der Waals surface area contributed by atoms with Crippen LogP contribution in [0.1, 0.15) is 40.9 Å². The summed E-state index contributed by atoms with van der Waals surface area (Å²) in [7, 11) is -4.82. The molecule has 0 atom stereocenters. The van der Waals surface area contributed by atoms with Crippen LogP contribution in [0.3, 0.4) is 0 Å². The monoisotopic (exact) mass is 518 g/mol. The van der Waals surface area contributed by atoms with E-state index in [4.69, 9.17) is 18.9 Å². The smallest absolute Gasteiger partial charge is 0.744 e. The number of fused-ring (bicyclic) bond motifs is 6. The molecule has 178 valence electrons. The van der Waals surface area contributed by atoms with E-state index in [1.54, 1.807) is 12.1 Å². The van der Waals surface area contributed by atoms with Crippen molar-refractivity contribution in [3.8, 4) is 23.0 Å². The van der Waals surface area contributed by atoms with E-state index in [2.05, 4.69) is 0 Å². The van der Waals surface area contributed by atoms with Crippen LogP contribution in [-0.2, 0) is 30.0 Å². The van der Waals surface area contributed by atoms with Crippen molar-refractivity contribution >= 4 is 28.0 Å². The molecule has 3 aromatic carbocycles. The molecule has 0 N–H and O–H groups in total. The molecule has 2 aliphatic rings. The van der Waals surface area contributed by atoms with Crippen LogP contribution in [0, 0.1) is 0 Å². The number of carbonyl (C=O) groups is 3. The third-order valence-corrected chi connectivity index (χ3v) is 6.36. The zero-order valence-electron chi connectivity index (χ0n) is 19.2. The van der Waals surface area contributed by atoms with E-state index >= 15 is 0 Å². The Morgan fingerprint density at radius 2 is 1.33 bits per heavy atom. The molecule has 0 bridgehead atoms. The second-order valence-electron chi connectivity index (χ2n) is 7.84. The van der Waals surface area contributed by atoms with Crippen LogP contribution >= 0.6 is 0 Å². The molecular formula is C24H15NaO10S. The van der Waals surface area contributed by atoms with Gasteiger partial charge in [0.1, 0.15) is 33.1 Å². The Morgan fingerprint density at radius 1 is 0.833 bits per heavy atom.